The molecule has 0 radical (unpaired) electrons. The van der Waals surface area contributed by atoms with Crippen LogP contribution in [0.1, 0.15) is 55.1 Å². The Morgan fingerprint density at radius 1 is 0.700 bits per heavy atom. The Balaban J connectivity index is 1.10. The molecule has 252 valence electrons. The summed E-state index contributed by atoms with van der Waals surface area (Å²) in [6.07, 6.45) is 2.82. The van der Waals surface area contributed by atoms with Gasteiger partial charge >= 0.3 is 5.97 Å². The lowest BCUT2D eigenvalue weighted by Gasteiger charge is -2.41. The van der Waals surface area contributed by atoms with Crippen molar-refractivity contribution in [2.75, 3.05) is 6.61 Å². The highest BCUT2D eigenvalue weighted by molar-refractivity contribution is 6.37. The maximum absolute atomic E-state index is 12.6. The van der Waals surface area contributed by atoms with E-state index in [0.29, 0.717) is 26.1 Å². The summed E-state index contributed by atoms with van der Waals surface area (Å²) in [6, 6.07) is 40.8. The molecule has 2 aromatic heterocycles. The van der Waals surface area contributed by atoms with Crippen molar-refractivity contribution in [2.45, 2.75) is 51.2 Å². The Labute approximate surface area is 291 Å². The number of nitrogens with zero attached hydrogens (tertiary/aromatic N) is 3. The fraction of sp³-hybridized carbons (Fsp3) is 0.238. The van der Waals surface area contributed by atoms with Crippen molar-refractivity contribution in [2.24, 2.45) is 11.1 Å². The van der Waals surface area contributed by atoms with Gasteiger partial charge in [-0.3, -0.25) is 0 Å². The van der Waals surface area contributed by atoms with Gasteiger partial charge in [-0.25, -0.2) is 14.8 Å². The van der Waals surface area contributed by atoms with E-state index >= 15 is 0 Å². The second kappa shape index (κ2) is 14.8. The number of oxime groups is 1. The molecule has 1 saturated carbocycles. The van der Waals surface area contributed by atoms with Crippen LogP contribution in [0.25, 0.3) is 21.8 Å². The minimum Gasteiger partial charge on any atom is -0.487 e. The monoisotopic (exact) mass is 665 g/mol. The molecule has 2 heterocycles. The highest BCUT2D eigenvalue weighted by Gasteiger charge is 2.41. The Morgan fingerprint density at radius 3 is 1.64 bits per heavy atom. The second-order valence-corrected chi connectivity index (χ2v) is 12.7. The average Bonchev–Trinajstić information content (AvgIpc) is 3.17. The lowest BCUT2D eigenvalue weighted by Crippen LogP contribution is -2.37. The van der Waals surface area contributed by atoms with Crippen LogP contribution < -0.4 is 9.47 Å². The fourth-order valence-corrected chi connectivity index (χ4v) is 7.05. The number of fused-ring (bicyclic) bond motifs is 2. The number of carbonyl (C=O) groups is 1. The molecule has 1 fully saturated rings. The Kier molecular flexibility index (Phi) is 9.69. The first-order valence-electron chi connectivity index (χ1n) is 17.1. The van der Waals surface area contributed by atoms with Gasteiger partial charge in [-0.1, -0.05) is 78.0 Å². The summed E-state index contributed by atoms with van der Waals surface area (Å²) in [4.78, 5) is 22.0. The smallest absolute Gasteiger partial charge is 0.356 e. The first kappa shape index (κ1) is 32.8. The fourth-order valence-electron chi connectivity index (χ4n) is 7.05. The van der Waals surface area contributed by atoms with Crippen molar-refractivity contribution in [1.29, 1.82) is 0 Å². The van der Waals surface area contributed by atoms with E-state index in [-0.39, 0.29) is 23.7 Å². The molecule has 8 nitrogen and oxygen atoms in total. The number of pyridine rings is 2. The Hall–Kier alpha value is -5.76. The summed E-state index contributed by atoms with van der Waals surface area (Å²) in [5.74, 6) is 0.768. The number of aromatic nitrogens is 2. The van der Waals surface area contributed by atoms with Crippen molar-refractivity contribution in [1.82, 2.24) is 9.97 Å². The van der Waals surface area contributed by atoms with E-state index < -0.39 is 5.97 Å². The van der Waals surface area contributed by atoms with E-state index in [1.165, 1.54) is 0 Å². The normalized spacial score (nSPS) is 14.8. The van der Waals surface area contributed by atoms with Gasteiger partial charge in [0.15, 0.2) is 5.71 Å². The molecule has 50 heavy (non-hydrogen) atoms. The van der Waals surface area contributed by atoms with E-state index in [9.17, 15) is 10.0 Å². The number of esters is 1. The van der Waals surface area contributed by atoms with Crippen molar-refractivity contribution >= 4 is 33.5 Å². The van der Waals surface area contributed by atoms with Gasteiger partial charge in [0, 0.05) is 22.1 Å². The van der Waals surface area contributed by atoms with E-state index in [0.717, 1.165) is 68.7 Å². The van der Waals surface area contributed by atoms with Crippen LogP contribution >= 0.6 is 0 Å². The van der Waals surface area contributed by atoms with Gasteiger partial charge in [-0.2, -0.15) is 0 Å². The molecule has 0 saturated heterocycles. The third-order valence-electron chi connectivity index (χ3n) is 9.72. The molecule has 0 atom stereocenters. The molecular weight excluding hydrogens is 626 g/mol. The maximum atomic E-state index is 12.6. The molecule has 8 heteroatoms. The molecular formula is C42H39N3O5. The summed E-state index contributed by atoms with van der Waals surface area (Å²) in [7, 11) is 0. The quantitative estimate of drug-likeness (QED) is 0.0639. The third-order valence-corrected chi connectivity index (χ3v) is 9.72. The molecule has 0 spiro atoms. The van der Waals surface area contributed by atoms with Crippen molar-refractivity contribution in [3.05, 3.63) is 144 Å². The first-order chi connectivity index (χ1) is 24.5. The van der Waals surface area contributed by atoms with Crippen LogP contribution in [0.5, 0.6) is 11.5 Å². The van der Waals surface area contributed by atoms with Gasteiger partial charge in [-0.05, 0) is 92.3 Å². The summed E-state index contributed by atoms with van der Waals surface area (Å²) in [5, 5.41) is 15.3. The van der Waals surface area contributed by atoms with Crippen LogP contribution in [0.3, 0.4) is 0 Å². The number of benzene rings is 4. The zero-order chi connectivity index (χ0) is 34.3. The molecule has 1 N–H and O–H groups in total. The van der Waals surface area contributed by atoms with Gasteiger partial charge in [-0.15, -0.1) is 0 Å². The van der Waals surface area contributed by atoms with Crippen molar-refractivity contribution in [3.8, 4) is 11.5 Å². The predicted molar refractivity (Wildman–Crippen MR) is 194 cm³/mol. The van der Waals surface area contributed by atoms with Crippen LogP contribution in [0, 0.1) is 5.92 Å². The van der Waals surface area contributed by atoms with E-state index in [1.807, 2.05) is 84.9 Å². The van der Waals surface area contributed by atoms with Gasteiger partial charge in [0.1, 0.15) is 24.7 Å². The average molecular weight is 666 g/mol. The number of rotatable bonds is 11. The Morgan fingerprint density at radius 2 is 1.18 bits per heavy atom. The van der Waals surface area contributed by atoms with Gasteiger partial charge in [0.25, 0.3) is 0 Å². The number of ether oxygens (including phenoxy) is 3. The molecule has 6 aromatic rings. The van der Waals surface area contributed by atoms with Crippen LogP contribution in [-0.4, -0.2) is 33.5 Å². The maximum Gasteiger partial charge on any atom is 0.356 e. The minimum absolute atomic E-state index is 0.0949. The number of para-hydroxylation sites is 2. The van der Waals surface area contributed by atoms with Gasteiger partial charge < -0.3 is 19.4 Å². The highest BCUT2D eigenvalue weighted by atomic mass is 16.5. The molecule has 1 aliphatic rings. The number of hydrogen-bond donors (Lipinski definition) is 1. The third kappa shape index (κ3) is 7.01. The van der Waals surface area contributed by atoms with Gasteiger partial charge in [0.05, 0.1) is 29.0 Å². The summed E-state index contributed by atoms with van der Waals surface area (Å²) >= 11 is 0. The largest absolute Gasteiger partial charge is 0.487 e. The topological polar surface area (TPSA) is 103 Å². The van der Waals surface area contributed by atoms with Gasteiger partial charge in [0.2, 0.25) is 0 Å². The lowest BCUT2D eigenvalue weighted by atomic mass is 9.62. The summed E-state index contributed by atoms with van der Waals surface area (Å²) < 4.78 is 17.5. The highest BCUT2D eigenvalue weighted by Crippen LogP contribution is 2.47. The van der Waals surface area contributed by atoms with Crippen LogP contribution in [-0.2, 0) is 28.2 Å². The number of carbonyl (C=O) groups excluding carboxylic acids is 1. The first-order valence-corrected chi connectivity index (χ1v) is 17.1. The van der Waals surface area contributed by atoms with E-state index in [4.69, 9.17) is 24.2 Å². The zero-order valence-electron chi connectivity index (χ0n) is 28.0. The SMILES string of the molecule is CCOC(=O)/C(=N\O)C1CCC(c2ccc(OCc3ccc4ccccc4n3)cc2)(c2ccc(OCc3ccc4ccccc4n3)cc2)CC1. The van der Waals surface area contributed by atoms with Crippen molar-refractivity contribution in [3.63, 3.8) is 0 Å². The molecule has 1 aliphatic carbocycles. The molecule has 7 rings (SSSR count). The van der Waals surface area contributed by atoms with Crippen LogP contribution in [0.15, 0.2) is 126 Å². The van der Waals surface area contributed by atoms with E-state index in [2.05, 4.69) is 41.6 Å². The number of hydrogen-bond acceptors (Lipinski definition) is 8. The lowest BCUT2D eigenvalue weighted by molar-refractivity contribution is -0.135. The van der Waals surface area contributed by atoms with E-state index in [1.54, 1.807) is 6.92 Å². The van der Waals surface area contributed by atoms with Crippen molar-refractivity contribution < 1.29 is 24.2 Å². The van der Waals surface area contributed by atoms with Crippen LogP contribution in [0.4, 0.5) is 0 Å². The molecule has 4 aromatic carbocycles. The minimum atomic E-state index is -0.558. The molecule has 0 bridgehead atoms. The summed E-state index contributed by atoms with van der Waals surface area (Å²) in [6.45, 7) is 2.70. The van der Waals surface area contributed by atoms with Crippen LogP contribution in [0.2, 0.25) is 0 Å². The zero-order valence-corrected chi connectivity index (χ0v) is 28.0. The summed E-state index contributed by atoms with van der Waals surface area (Å²) in [5.41, 5.74) is 5.69. The standard InChI is InChI=1S/C42H39N3O5/c1-2-48-41(46)40(45-47)31-23-25-42(26-24-31,32-13-19-36(20-14-32)49-27-34-17-11-29-7-3-5-9-38(29)43-34)33-15-21-37(22-16-33)50-28-35-18-12-30-8-4-6-10-39(30)44-35/h3-22,31,47H,2,23-28H2,1H3/b45-40-. The molecule has 0 amide bonds. The molecule has 0 aliphatic heterocycles. The second-order valence-electron chi connectivity index (χ2n) is 12.7. The molecule has 0 unspecified atom stereocenters. The predicted octanol–water partition coefficient (Wildman–Crippen LogP) is 8.81. The Bertz CT molecular complexity index is 1990.